The summed E-state index contributed by atoms with van der Waals surface area (Å²) in [4.78, 5) is 13.2. The number of rotatable bonds is 5. The highest BCUT2D eigenvalue weighted by Gasteiger charge is 2.32. The van der Waals surface area contributed by atoms with Gasteiger partial charge in [0.25, 0.3) is 0 Å². The van der Waals surface area contributed by atoms with Gasteiger partial charge < -0.3 is 19.9 Å². The van der Waals surface area contributed by atoms with Crippen molar-refractivity contribution in [1.82, 2.24) is 15.2 Å². The number of nitrogens with zero attached hydrogens (tertiary/aromatic N) is 4. The Kier molecular flexibility index (Phi) is 7.37. The second kappa shape index (κ2) is 10.00. The normalized spacial score (nSPS) is 17.5. The summed E-state index contributed by atoms with van der Waals surface area (Å²) in [5.41, 5.74) is 0.679. The number of nitrogens with one attached hydrogen (secondary N) is 1. The summed E-state index contributed by atoms with van der Waals surface area (Å²) < 4.78 is 45.1. The largest absolute Gasteiger partial charge is 0.416 e. The zero-order valence-electron chi connectivity index (χ0n) is 18.0. The van der Waals surface area contributed by atoms with Gasteiger partial charge >= 0.3 is 6.18 Å². The molecular weight excluding hydrogens is 407 g/mol. The van der Waals surface area contributed by atoms with Crippen molar-refractivity contribution >= 4 is 11.8 Å². The summed E-state index contributed by atoms with van der Waals surface area (Å²) in [6.07, 6.45) is -4.84. The van der Waals surface area contributed by atoms with Crippen LogP contribution in [0, 0.1) is 0 Å². The van der Waals surface area contributed by atoms with Gasteiger partial charge in [-0.3, -0.25) is 0 Å². The van der Waals surface area contributed by atoms with E-state index in [2.05, 4.69) is 10.3 Å². The molecule has 0 bridgehead atoms. The Morgan fingerprint density at radius 2 is 2.03 bits per heavy atom. The Morgan fingerprint density at radius 1 is 1.26 bits per heavy atom. The fourth-order valence-corrected chi connectivity index (χ4v) is 3.34. The fraction of sp³-hybridized carbons (Fsp3) is 0.455. The van der Waals surface area contributed by atoms with E-state index in [0.29, 0.717) is 44.3 Å². The molecule has 1 fully saturated rings. The Bertz CT molecular complexity index is 901. The van der Waals surface area contributed by atoms with E-state index in [0.717, 1.165) is 23.6 Å². The number of anilines is 1. The van der Waals surface area contributed by atoms with Crippen LogP contribution < -0.4 is 10.2 Å². The molecule has 0 saturated carbocycles. The molecule has 6 nitrogen and oxygen atoms in total. The first-order valence-electron chi connectivity index (χ1n) is 10.2. The molecule has 0 spiro atoms. The first-order valence-corrected chi connectivity index (χ1v) is 10.2. The number of benzene rings is 1. The van der Waals surface area contributed by atoms with E-state index in [4.69, 9.17) is 9.73 Å². The quantitative estimate of drug-likeness (QED) is 0.573. The van der Waals surface area contributed by atoms with E-state index in [9.17, 15) is 13.2 Å². The molecule has 1 unspecified atom stereocenters. The lowest BCUT2D eigenvalue weighted by molar-refractivity contribution is -0.137. The van der Waals surface area contributed by atoms with Crippen molar-refractivity contribution in [3.05, 3.63) is 59.3 Å². The van der Waals surface area contributed by atoms with Gasteiger partial charge in [0, 0.05) is 27.2 Å². The van der Waals surface area contributed by atoms with Crippen LogP contribution in [-0.2, 0) is 17.5 Å². The maximum absolute atomic E-state index is 13.1. The Balaban J connectivity index is 1.76. The number of halogens is 3. The lowest BCUT2D eigenvalue weighted by atomic mass is 10.0. The highest BCUT2D eigenvalue weighted by molar-refractivity contribution is 5.80. The first-order chi connectivity index (χ1) is 14.8. The lowest BCUT2D eigenvalue weighted by Crippen LogP contribution is -2.48. The molecule has 1 saturated heterocycles. The van der Waals surface area contributed by atoms with Gasteiger partial charge in [-0.15, -0.1) is 0 Å². The minimum absolute atomic E-state index is 0.398. The molecule has 2 aromatic rings. The smallest absolute Gasteiger partial charge is 0.370 e. The molecular formula is C22H28F3N5O. The average Bonchev–Trinajstić information content (AvgIpc) is 2.76. The summed E-state index contributed by atoms with van der Waals surface area (Å²) >= 11 is 0. The summed E-state index contributed by atoms with van der Waals surface area (Å²) in [5, 5.41) is 3.27. The minimum atomic E-state index is -4.38. The van der Waals surface area contributed by atoms with Crippen molar-refractivity contribution in [3.8, 4) is 0 Å². The van der Waals surface area contributed by atoms with Crippen LogP contribution in [0.5, 0.6) is 0 Å². The van der Waals surface area contributed by atoms with Crippen LogP contribution in [0.15, 0.2) is 47.5 Å². The number of morpholine rings is 1. The molecule has 3 rings (SSSR count). The van der Waals surface area contributed by atoms with Crippen molar-refractivity contribution < 1.29 is 17.9 Å². The van der Waals surface area contributed by atoms with Crippen LogP contribution in [-0.4, -0.2) is 56.2 Å². The molecule has 0 radical (unpaired) electrons. The SMILES string of the molecule is CCNC(=NCc1cccc(N(C)C)n1)N1CCOC(c2cccc(C(F)(F)F)c2)C1. The Morgan fingerprint density at radius 3 is 2.74 bits per heavy atom. The molecule has 1 N–H and O–H groups in total. The van der Waals surface area contributed by atoms with Crippen LogP contribution in [0.3, 0.4) is 0 Å². The van der Waals surface area contributed by atoms with Gasteiger partial charge in [-0.25, -0.2) is 9.98 Å². The third-order valence-electron chi connectivity index (χ3n) is 4.93. The van der Waals surface area contributed by atoms with Crippen LogP contribution >= 0.6 is 0 Å². The van der Waals surface area contributed by atoms with E-state index in [-0.39, 0.29) is 0 Å². The highest BCUT2D eigenvalue weighted by Crippen LogP contribution is 2.32. The standard InChI is InChI=1S/C22H28F3N5O/c1-4-26-21(27-14-18-9-6-10-20(28-18)29(2)3)30-11-12-31-19(15-30)16-7-5-8-17(13-16)22(23,24)25/h5-10,13,19H,4,11-12,14-15H2,1-3H3,(H,26,27). The number of alkyl halides is 3. The molecule has 1 aromatic heterocycles. The highest BCUT2D eigenvalue weighted by atomic mass is 19.4. The predicted molar refractivity (Wildman–Crippen MR) is 115 cm³/mol. The number of aromatic nitrogens is 1. The maximum atomic E-state index is 13.1. The second-order valence-electron chi connectivity index (χ2n) is 7.48. The average molecular weight is 435 g/mol. The number of hydrogen-bond acceptors (Lipinski definition) is 4. The summed E-state index contributed by atoms with van der Waals surface area (Å²) in [6.45, 7) is 4.47. The first kappa shape index (κ1) is 22.9. The third-order valence-corrected chi connectivity index (χ3v) is 4.93. The molecule has 31 heavy (non-hydrogen) atoms. The van der Waals surface area contributed by atoms with Gasteiger partial charge in [0.05, 0.1) is 31.0 Å². The van der Waals surface area contributed by atoms with E-state index in [1.807, 2.05) is 49.0 Å². The Labute approximate surface area is 180 Å². The van der Waals surface area contributed by atoms with E-state index in [1.54, 1.807) is 6.07 Å². The van der Waals surface area contributed by atoms with Crippen LogP contribution in [0.2, 0.25) is 0 Å². The van der Waals surface area contributed by atoms with Crippen LogP contribution in [0.4, 0.5) is 19.0 Å². The fourth-order valence-electron chi connectivity index (χ4n) is 3.34. The minimum Gasteiger partial charge on any atom is -0.370 e. The molecule has 1 aliphatic rings. The van der Waals surface area contributed by atoms with Crippen molar-refractivity contribution in [2.75, 3.05) is 45.2 Å². The molecule has 168 valence electrons. The molecule has 1 aromatic carbocycles. The molecule has 1 aliphatic heterocycles. The summed E-state index contributed by atoms with van der Waals surface area (Å²) in [6, 6.07) is 11.1. The Hall–Kier alpha value is -2.81. The number of hydrogen-bond donors (Lipinski definition) is 1. The number of guanidine groups is 1. The summed E-state index contributed by atoms with van der Waals surface area (Å²) in [5.74, 6) is 1.55. The van der Waals surface area contributed by atoms with Gasteiger partial charge in [0.1, 0.15) is 11.9 Å². The van der Waals surface area contributed by atoms with Gasteiger partial charge in [-0.2, -0.15) is 13.2 Å². The van der Waals surface area contributed by atoms with E-state index >= 15 is 0 Å². The van der Waals surface area contributed by atoms with Crippen molar-refractivity contribution in [1.29, 1.82) is 0 Å². The monoisotopic (exact) mass is 435 g/mol. The predicted octanol–water partition coefficient (Wildman–Crippen LogP) is 3.71. The van der Waals surface area contributed by atoms with E-state index < -0.39 is 17.8 Å². The van der Waals surface area contributed by atoms with Gasteiger partial charge in [-0.05, 0) is 36.8 Å². The molecule has 9 heteroatoms. The zero-order chi connectivity index (χ0) is 22.4. The topological polar surface area (TPSA) is 53.0 Å². The van der Waals surface area contributed by atoms with Gasteiger partial charge in [-0.1, -0.05) is 18.2 Å². The molecule has 1 atom stereocenters. The van der Waals surface area contributed by atoms with Crippen molar-refractivity contribution in [2.45, 2.75) is 25.7 Å². The number of pyridine rings is 1. The second-order valence-corrected chi connectivity index (χ2v) is 7.48. The van der Waals surface area contributed by atoms with Crippen molar-refractivity contribution in [2.24, 2.45) is 4.99 Å². The molecule has 2 heterocycles. The van der Waals surface area contributed by atoms with E-state index in [1.165, 1.54) is 6.07 Å². The number of aliphatic imine (C=N–C) groups is 1. The van der Waals surface area contributed by atoms with Crippen LogP contribution in [0.1, 0.15) is 29.8 Å². The van der Waals surface area contributed by atoms with Gasteiger partial charge in [0.15, 0.2) is 5.96 Å². The molecule has 0 amide bonds. The van der Waals surface area contributed by atoms with Gasteiger partial charge in [0.2, 0.25) is 0 Å². The van der Waals surface area contributed by atoms with Crippen molar-refractivity contribution in [3.63, 3.8) is 0 Å². The number of ether oxygens (including phenoxy) is 1. The van der Waals surface area contributed by atoms with Crippen LogP contribution in [0.25, 0.3) is 0 Å². The maximum Gasteiger partial charge on any atom is 0.416 e. The lowest BCUT2D eigenvalue weighted by Gasteiger charge is -2.35. The molecule has 0 aliphatic carbocycles. The zero-order valence-corrected chi connectivity index (χ0v) is 18.0. The third kappa shape index (κ3) is 6.10. The summed E-state index contributed by atoms with van der Waals surface area (Å²) in [7, 11) is 3.86.